The van der Waals surface area contributed by atoms with E-state index >= 15 is 0 Å². The first-order valence-electron chi connectivity index (χ1n) is 9.03. The van der Waals surface area contributed by atoms with Gasteiger partial charge in [0.25, 0.3) is 0 Å². The molecule has 3 aromatic rings. The van der Waals surface area contributed by atoms with Gasteiger partial charge in [-0.25, -0.2) is 4.68 Å². The van der Waals surface area contributed by atoms with Crippen LogP contribution in [0.5, 0.6) is 5.75 Å². The molecule has 0 aliphatic carbocycles. The van der Waals surface area contributed by atoms with Gasteiger partial charge < -0.3 is 21.2 Å². The van der Waals surface area contributed by atoms with E-state index in [1.165, 1.54) is 18.7 Å². The minimum atomic E-state index is -0.279. The first-order valence-corrected chi connectivity index (χ1v) is 10.0. The van der Waals surface area contributed by atoms with Gasteiger partial charge in [0.2, 0.25) is 17.0 Å². The normalized spacial score (nSPS) is 10.5. The summed E-state index contributed by atoms with van der Waals surface area (Å²) in [5, 5.41) is 14.1. The van der Waals surface area contributed by atoms with E-state index in [4.69, 9.17) is 10.6 Å². The Labute approximate surface area is 178 Å². The Morgan fingerprint density at radius 3 is 2.53 bits per heavy atom. The van der Waals surface area contributed by atoms with Crippen LogP contribution >= 0.6 is 11.8 Å². The fraction of sp³-hybridized carbons (Fsp3) is 0.200. The van der Waals surface area contributed by atoms with Crippen molar-refractivity contribution in [1.82, 2.24) is 14.9 Å². The van der Waals surface area contributed by atoms with Crippen molar-refractivity contribution in [2.75, 3.05) is 29.3 Å². The maximum Gasteiger partial charge on any atom is 0.234 e. The van der Waals surface area contributed by atoms with Crippen LogP contribution in [0.2, 0.25) is 0 Å². The molecular formula is C20H22N6O3S. The monoisotopic (exact) mass is 426 g/mol. The van der Waals surface area contributed by atoms with Crippen molar-refractivity contribution in [3.63, 3.8) is 0 Å². The van der Waals surface area contributed by atoms with Crippen LogP contribution in [-0.4, -0.2) is 39.6 Å². The minimum absolute atomic E-state index is 0.0662. The zero-order valence-corrected chi connectivity index (χ0v) is 17.6. The number of aryl methyl sites for hydroxylation is 1. The van der Waals surface area contributed by atoms with Crippen molar-refractivity contribution >= 4 is 35.0 Å². The van der Waals surface area contributed by atoms with Crippen molar-refractivity contribution in [2.45, 2.75) is 19.0 Å². The average Bonchev–Trinajstić information content (AvgIpc) is 3.07. The highest BCUT2D eigenvalue weighted by atomic mass is 32.2. The molecule has 10 heteroatoms. The molecule has 1 heterocycles. The lowest BCUT2D eigenvalue weighted by Gasteiger charge is -2.12. The number of ether oxygens (including phenoxy) is 1. The van der Waals surface area contributed by atoms with Crippen molar-refractivity contribution in [1.29, 1.82) is 0 Å². The maximum absolute atomic E-state index is 12.4. The van der Waals surface area contributed by atoms with Gasteiger partial charge in [0.05, 0.1) is 18.6 Å². The molecule has 156 valence electrons. The third-order valence-corrected chi connectivity index (χ3v) is 5.04. The zero-order chi connectivity index (χ0) is 21.7. The van der Waals surface area contributed by atoms with Gasteiger partial charge in [-0.3, -0.25) is 9.59 Å². The van der Waals surface area contributed by atoms with Crippen LogP contribution in [0.15, 0.2) is 47.6 Å². The predicted molar refractivity (Wildman–Crippen MR) is 117 cm³/mol. The minimum Gasteiger partial charge on any atom is -0.495 e. The summed E-state index contributed by atoms with van der Waals surface area (Å²) in [6, 6.07) is 12.7. The number of thioether (sulfide) groups is 1. The fourth-order valence-corrected chi connectivity index (χ4v) is 3.33. The lowest BCUT2D eigenvalue weighted by molar-refractivity contribution is -0.114. The van der Waals surface area contributed by atoms with Gasteiger partial charge >= 0.3 is 0 Å². The smallest absolute Gasteiger partial charge is 0.234 e. The van der Waals surface area contributed by atoms with Crippen LogP contribution < -0.4 is 21.2 Å². The number of aromatic nitrogens is 3. The molecule has 2 aromatic carbocycles. The van der Waals surface area contributed by atoms with Crippen molar-refractivity contribution in [3.05, 3.63) is 48.0 Å². The van der Waals surface area contributed by atoms with Gasteiger partial charge in [-0.1, -0.05) is 41.6 Å². The van der Waals surface area contributed by atoms with E-state index in [1.54, 1.807) is 18.2 Å². The Balaban J connectivity index is 1.66. The van der Waals surface area contributed by atoms with Crippen LogP contribution in [0.3, 0.4) is 0 Å². The highest BCUT2D eigenvalue weighted by Crippen LogP contribution is 2.28. The molecule has 30 heavy (non-hydrogen) atoms. The van der Waals surface area contributed by atoms with Gasteiger partial charge in [-0.15, -0.1) is 10.2 Å². The number of nitrogens with one attached hydrogen (secondary N) is 2. The van der Waals surface area contributed by atoms with Crippen molar-refractivity contribution < 1.29 is 14.3 Å². The first kappa shape index (κ1) is 21.2. The second-order valence-electron chi connectivity index (χ2n) is 6.48. The van der Waals surface area contributed by atoms with Crippen LogP contribution in [-0.2, 0) is 9.59 Å². The fourth-order valence-electron chi connectivity index (χ4n) is 2.68. The van der Waals surface area contributed by atoms with E-state index in [2.05, 4.69) is 20.8 Å². The lowest BCUT2D eigenvalue weighted by atomic mass is 10.1. The molecule has 0 aliphatic rings. The third-order valence-electron chi connectivity index (χ3n) is 4.10. The summed E-state index contributed by atoms with van der Waals surface area (Å²) >= 11 is 1.16. The molecule has 4 N–H and O–H groups in total. The van der Waals surface area contributed by atoms with E-state index < -0.39 is 0 Å². The van der Waals surface area contributed by atoms with Gasteiger partial charge in [0.15, 0.2) is 5.82 Å². The quantitative estimate of drug-likeness (QED) is 0.392. The summed E-state index contributed by atoms with van der Waals surface area (Å²) in [6.07, 6.45) is 0. The summed E-state index contributed by atoms with van der Waals surface area (Å²) in [4.78, 5) is 23.7. The Morgan fingerprint density at radius 1 is 1.13 bits per heavy atom. The molecule has 0 saturated heterocycles. The number of nitrogens with two attached hydrogens (primary N) is 1. The molecule has 2 amide bonds. The largest absolute Gasteiger partial charge is 0.495 e. The number of nitrogens with zero attached hydrogens (tertiary/aromatic N) is 3. The number of carbonyl (C=O) groups excluding carboxylic acids is 2. The van der Waals surface area contributed by atoms with Gasteiger partial charge in [-0.2, -0.15) is 0 Å². The second-order valence-corrected chi connectivity index (χ2v) is 7.42. The number of hydrogen-bond donors (Lipinski definition) is 3. The number of anilines is 2. The molecule has 0 atom stereocenters. The van der Waals surface area contributed by atoms with E-state index in [-0.39, 0.29) is 17.6 Å². The predicted octanol–water partition coefficient (Wildman–Crippen LogP) is 2.67. The van der Waals surface area contributed by atoms with Crippen LogP contribution in [0, 0.1) is 6.92 Å². The standard InChI is InChI=1S/C20H22N6O3S/c1-12-4-6-14(7-5-12)19-24-25-20(26(19)21)30-11-18(28)23-16-10-15(22-13(2)27)8-9-17(16)29-3/h4-10H,11,21H2,1-3H3,(H,22,27)(H,23,28). The molecule has 0 aliphatic heterocycles. The maximum atomic E-state index is 12.4. The summed E-state index contributed by atoms with van der Waals surface area (Å²) in [6.45, 7) is 3.41. The molecule has 9 nitrogen and oxygen atoms in total. The van der Waals surface area contributed by atoms with Crippen molar-refractivity contribution in [2.24, 2.45) is 0 Å². The third kappa shape index (κ3) is 5.09. The molecule has 1 aromatic heterocycles. The molecule has 0 fully saturated rings. The summed E-state index contributed by atoms with van der Waals surface area (Å²) in [7, 11) is 1.50. The number of hydrogen-bond acceptors (Lipinski definition) is 7. The number of methoxy groups -OCH3 is 1. The number of carbonyl (C=O) groups is 2. The van der Waals surface area contributed by atoms with Gasteiger partial charge in [-0.05, 0) is 25.1 Å². The summed E-state index contributed by atoms with van der Waals surface area (Å²) in [5.41, 5.74) is 2.97. The van der Waals surface area contributed by atoms with Gasteiger partial charge in [0.1, 0.15) is 5.75 Å². The Morgan fingerprint density at radius 2 is 1.87 bits per heavy atom. The second kappa shape index (κ2) is 9.31. The molecule has 0 radical (unpaired) electrons. The first-order chi connectivity index (χ1) is 14.4. The average molecular weight is 427 g/mol. The van der Waals surface area contributed by atoms with Crippen molar-refractivity contribution in [3.8, 4) is 17.1 Å². The van der Waals surface area contributed by atoms with E-state index in [1.807, 2.05) is 31.2 Å². The van der Waals surface area contributed by atoms with Gasteiger partial charge in [0, 0.05) is 18.2 Å². The van der Waals surface area contributed by atoms with Crippen LogP contribution in [0.4, 0.5) is 11.4 Å². The molecule has 0 saturated carbocycles. The highest BCUT2D eigenvalue weighted by Gasteiger charge is 2.15. The van der Waals surface area contributed by atoms with E-state index in [9.17, 15) is 9.59 Å². The Hall–Kier alpha value is -3.53. The molecule has 3 rings (SSSR count). The van der Waals surface area contributed by atoms with Crippen LogP contribution in [0.25, 0.3) is 11.4 Å². The molecule has 0 unspecified atom stereocenters. The summed E-state index contributed by atoms with van der Waals surface area (Å²) < 4.78 is 6.63. The highest BCUT2D eigenvalue weighted by molar-refractivity contribution is 7.99. The van der Waals surface area contributed by atoms with Crippen LogP contribution in [0.1, 0.15) is 12.5 Å². The number of rotatable bonds is 7. The number of benzene rings is 2. The number of nitrogen functional groups attached to an aromatic ring is 1. The Bertz CT molecular complexity index is 1060. The lowest BCUT2D eigenvalue weighted by Crippen LogP contribution is -2.17. The summed E-state index contributed by atoms with van der Waals surface area (Å²) in [5.74, 6) is 6.68. The Kier molecular flexibility index (Phi) is 6.58. The SMILES string of the molecule is COc1ccc(NC(C)=O)cc1NC(=O)CSc1nnc(-c2ccc(C)cc2)n1N. The molecular weight excluding hydrogens is 404 g/mol. The van der Waals surface area contributed by atoms with E-state index in [0.29, 0.717) is 28.1 Å². The molecule has 0 spiro atoms. The molecule has 0 bridgehead atoms. The zero-order valence-electron chi connectivity index (χ0n) is 16.8. The van der Waals surface area contributed by atoms with E-state index in [0.717, 1.165) is 22.9 Å². The number of amides is 2. The topological polar surface area (TPSA) is 124 Å².